The molecule has 0 saturated heterocycles. The lowest BCUT2D eigenvalue weighted by Crippen LogP contribution is -2.02. The molecular formula is C15H9ClN6. The monoisotopic (exact) mass is 308 g/mol. The summed E-state index contributed by atoms with van der Waals surface area (Å²) in [5.74, 6) is 0.574. The molecule has 22 heavy (non-hydrogen) atoms. The summed E-state index contributed by atoms with van der Waals surface area (Å²) in [6, 6.07) is 13.6. The molecule has 3 heterocycles. The van der Waals surface area contributed by atoms with Gasteiger partial charge in [0.05, 0.1) is 17.3 Å². The lowest BCUT2D eigenvalue weighted by atomic mass is 10.1. The van der Waals surface area contributed by atoms with E-state index >= 15 is 0 Å². The predicted octanol–water partition coefficient (Wildman–Crippen LogP) is 2.93. The van der Waals surface area contributed by atoms with Gasteiger partial charge in [0, 0.05) is 5.56 Å². The van der Waals surface area contributed by atoms with Gasteiger partial charge in [0.2, 0.25) is 0 Å². The first kappa shape index (κ1) is 12.8. The minimum atomic E-state index is 0.366. The molecule has 4 aromatic rings. The fourth-order valence-corrected chi connectivity index (χ4v) is 2.36. The summed E-state index contributed by atoms with van der Waals surface area (Å²) >= 11 is 6.02. The Bertz CT molecular complexity index is 933. The third kappa shape index (κ3) is 2.10. The van der Waals surface area contributed by atoms with E-state index in [0.29, 0.717) is 22.0 Å². The molecule has 1 aromatic carbocycles. The highest BCUT2D eigenvalue weighted by atomic mass is 35.5. The summed E-state index contributed by atoms with van der Waals surface area (Å²) in [6.45, 7) is 0. The van der Waals surface area contributed by atoms with Crippen molar-refractivity contribution in [3.05, 3.63) is 60.1 Å². The number of fused-ring (bicyclic) bond motifs is 1. The van der Waals surface area contributed by atoms with Gasteiger partial charge in [-0.2, -0.15) is 9.78 Å². The van der Waals surface area contributed by atoms with Gasteiger partial charge in [0.1, 0.15) is 11.5 Å². The summed E-state index contributed by atoms with van der Waals surface area (Å²) in [4.78, 5) is 8.13. The second kappa shape index (κ2) is 5.16. The lowest BCUT2D eigenvalue weighted by Gasteiger charge is -2.03. The van der Waals surface area contributed by atoms with Crippen LogP contribution in [0.5, 0.6) is 0 Å². The lowest BCUT2D eigenvalue weighted by molar-refractivity contribution is 0.829. The van der Waals surface area contributed by atoms with Gasteiger partial charge in [-0.05, 0) is 12.1 Å². The van der Waals surface area contributed by atoms with Crippen LogP contribution in [0.4, 0.5) is 0 Å². The summed E-state index contributed by atoms with van der Waals surface area (Å²) in [7, 11) is 0. The van der Waals surface area contributed by atoms with Gasteiger partial charge in [-0.3, -0.25) is 0 Å². The standard InChI is InChI=1S/C15H9ClN6/c16-14-11-8-19-22(15(11)18-9-17-14)13-7-6-12(20-21-13)10-4-2-1-3-5-10/h1-9H. The third-order valence-corrected chi connectivity index (χ3v) is 3.56. The molecule has 0 N–H and O–H groups in total. The molecule has 0 spiro atoms. The first-order chi connectivity index (χ1) is 10.8. The molecular weight excluding hydrogens is 300 g/mol. The summed E-state index contributed by atoms with van der Waals surface area (Å²) in [5.41, 5.74) is 2.41. The van der Waals surface area contributed by atoms with Crippen molar-refractivity contribution in [3.8, 4) is 17.1 Å². The van der Waals surface area contributed by atoms with E-state index in [1.807, 2.05) is 42.5 Å². The van der Waals surface area contributed by atoms with E-state index in [1.165, 1.54) is 6.33 Å². The minimum Gasteiger partial charge on any atom is -0.224 e. The highest BCUT2D eigenvalue weighted by Gasteiger charge is 2.11. The molecule has 0 aliphatic rings. The van der Waals surface area contributed by atoms with Crippen LogP contribution in [0.2, 0.25) is 5.15 Å². The van der Waals surface area contributed by atoms with E-state index in [9.17, 15) is 0 Å². The van der Waals surface area contributed by atoms with Crippen LogP contribution in [0, 0.1) is 0 Å². The van der Waals surface area contributed by atoms with E-state index in [4.69, 9.17) is 11.6 Å². The van der Waals surface area contributed by atoms with Crippen molar-refractivity contribution in [2.24, 2.45) is 0 Å². The molecule has 0 bridgehead atoms. The van der Waals surface area contributed by atoms with Crippen LogP contribution in [0.25, 0.3) is 28.1 Å². The first-order valence-corrected chi connectivity index (χ1v) is 6.94. The maximum absolute atomic E-state index is 6.02. The molecule has 0 radical (unpaired) electrons. The summed E-state index contributed by atoms with van der Waals surface area (Å²) in [5, 5.41) is 13.8. The Morgan fingerprint density at radius 2 is 1.77 bits per heavy atom. The van der Waals surface area contributed by atoms with E-state index in [-0.39, 0.29) is 0 Å². The molecule has 0 fully saturated rings. The molecule has 0 atom stereocenters. The van der Waals surface area contributed by atoms with Crippen LogP contribution in [0.3, 0.4) is 0 Å². The highest BCUT2D eigenvalue weighted by molar-refractivity contribution is 6.33. The fraction of sp³-hybridized carbons (Fsp3) is 0. The van der Waals surface area contributed by atoms with Crippen molar-refractivity contribution in [3.63, 3.8) is 0 Å². The van der Waals surface area contributed by atoms with Gasteiger partial charge >= 0.3 is 0 Å². The third-order valence-electron chi connectivity index (χ3n) is 3.25. The summed E-state index contributed by atoms with van der Waals surface area (Å²) in [6.07, 6.45) is 3.01. The van der Waals surface area contributed by atoms with Crippen LogP contribution in [0.1, 0.15) is 0 Å². The Balaban J connectivity index is 1.78. The Hall–Kier alpha value is -2.86. The SMILES string of the molecule is Clc1ncnc2c1cnn2-c1ccc(-c2ccccc2)nn1. The molecule has 0 unspecified atom stereocenters. The fourth-order valence-electron chi connectivity index (χ4n) is 2.18. The average molecular weight is 309 g/mol. The van der Waals surface area contributed by atoms with Gasteiger partial charge in [0.25, 0.3) is 0 Å². The van der Waals surface area contributed by atoms with Gasteiger partial charge in [-0.25, -0.2) is 9.97 Å². The van der Waals surface area contributed by atoms with Crippen LogP contribution in [0.15, 0.2) is 55.0 Å². The van der Waals surface area contributed by atoms with Crippen LogP contribution >= 0.6 is 11.6 Å². The number of hydrogen-bond donors (Lipinski definition) is 0. The second-order valence-corrected chi connectivity index (χ2v) is 4.96. The molecule has 0 amide bonds. The maximum atomic E-state index is 6.02. The number of halogens is 1. The van der Waals surface area contributed by atoms with Crippen molar-refractivity contribution in [1.82, 2.24) is 29.9 Å². The quantitative estimate of drug-likeness (QED) is 0.532. The van der Waals surface area contributed by atoms with E-state index in [1.54, 1.807) is 10.9 Å². The second-order valence-electron chi connectivity index (χ2n) is 4.60. The Morgan fingerprint density at radius 3 is 2.55 bits per heavy atom. The average Bonchev–Trinajstić information content (AvgIpc) is 3.01. The van der Waals surface area contributed by atoms with Crippen molar-refractivity contribution >= 4 is 22.6 Å². The molecule has 0 aliphatic carbocycles. The van der Waals surface area contributed by atoms with Crippen LogP contribution in [-0.2, 0) is 0 Å². The van der Waals surface area contributed by atoms with Crippen LogP contribution < -0.4 is 0 Å². The highest BCUT2D eigenvalue weighted by Crippen LogP contribution is 2.21. The van der Waals surface area contributed by atoms with Crippen molar-refractivity contribution in [2.45, 2.75) is 0 Å². The molecule has 3 aromatic heterocycles. The maximum Gasteiger partial charge on any atom is 0.178 e. The van der Waals surface area contributed by atoms with Gasteiger partial charge in [-0.15, -0.1) is 10.2 Å². The van der Waals surface area contributed by atoms with E-state index in [2.05, 4.69) is 25.3 Å². The Kier molecular flexibility index (Phi) is 3.01. The molecule has 4 rings (SSSR count). The zero-order valence-electron chi connectivity index (χ0n) is 11.3. The predicted molar refractivity (Wildman–Crippen MR) is 82.7 cm³/mol. The number of rotatable bonds is 2. The number of benzene rings is 1. The zero-order chi connectivity index (χ0) is 14.9. The van der Waals surface area contributed by atoms with E-state index in [0.717, 1.165) is 11.3 Å². The van der Waals surface area contributed by atoms with Gasteiger partial charge in [-0.1, -0.05) is 41.9 Å². The van der Waals surface area contributed by atoms with Gasteiger partial charge in [0.15, 0.2) is 11.5 Å². The Morgan fingerprint density at radius 1 is 0.909 bits per heavy atom. The summed E-state index contributed by atoms with van der Waals surface area (Å²) < 4.78 is 1.59. The van der Waals surface area contributed by atoms with Gasteiger partial charge < -0.3 is 0 Å². The number of aromatic nitrogens is 6. The normalized spacial score (nSPS) is 11.0. The first-order valence-electron chi connectivity index (χ1n) is 6.57. The van der Waals surface area contributed by atoms with Crippen molar-refractivity contribution in [1.29, 1.82) is 0 Å². The smallest absolute Gasteiger partial charge is 0.178 e. The zero-order valence-corrected chi connectivity index (χ0v) is 12.0. The van der Waals surface area contributed by atoms with Crippen molar-refractivity contribution in [2.75, 3.05) is 0 Å². The van der Waals surface area contributed by atoms with Crippen LogP contribution in [-0.4, -0.2) is 29.9 Å². The Labute approximate surface area is 130 Å². The topological polar surface area (TPSA) is 69.4 Å². The molecule has 0 saturated carbocycles. The minimum absolute atomic E-state index is 0.366. The van der Waals surface area contributed by atoms with E-state index < -0.39 is 0 Å². The molecule has 7 heteroatoms. The number of nitrogens with zero attached hydrogens (tertiary/aromatic N) is 6. The molecule has 6 nitrogen and oxygen atoms in total. The number of hydrogen-bond acceptors (Lipinski definition) is 5. The molecule has 0 aliphatic heterocycles. The molecule has 106 valence electrons. The van der Waals surface area contributed by atoms with Crippen molar-refractivity contribution < 1.29 is 0 Å². The largest absolute Gasteiger partial charge is 0.224 e.